The first kappa shape index (κ1) is 19.0. The van der Waals surface area contributed by atoms with Crippen molar-refractivity contribution in [2.45, 2.75) is 26.2 Å². The van der Waals surface area contributed by atoms with Crippen molar-refractivity contribution < 1.29 is 9.53 Å². The molecular weight excluding hydrogens is 358 g/mol. The minimum Gasteiger partial charge on any atom is -0.494 e. The highest BCUT2D eigenvalue weighted by Crippen LogP contribution is 2.27. The zero-order valence-electron chi connectivity index (χ0n) is 15.4. The average molecular weight is 382 g/mol. The van der Waals surface area contributed by atoms with E-state index >= 15 is 0 Å². The maximum absolute atomic E-state index is 12.0. The molecule has 0 bridgehead atoms. The number of thiazole rings is 1. The molecule has 0 aliphatic carbocycles. The fourth-order valence-corrected chi connectivity index (χ4v) is 3.67. The number of amides is 1. The molecule has 0 fully saturated rings. The van der Waals surface area contributed by atoms with Gasteiger partial charge in [0.25, 0.3) is 0 Å². The molecular formula is C21H23N3O2S. The molecule has 5 nitrogen and oxygen atoms in total. The summed E-state index contributed by atoms with van der Waals surface area (Å²) in [4.78, 5) is 21.9. The van der Waals surface area contributed by atoms with Crippen LogP contribution in [0.4, 0.5) is 0 Å². The third kappa shape index (κ3) is 5.89. The van der Waals surface area contributed by atoms with Crippen molar-refractivity contribution in [2.75, 3.05) is 13.2 Å². The first-order chi connectivity index (χ1) is 13.2. The third-order valence-corrected chi connectivity index (χ3v) is 5.30. The van der Waals surface area contributed by atoms with Gasteiger partial charge in [-0.1, -0.05) is 18.2 Å². The van der Waals surface area contributed by atoms with E-state index in [1.807, 2.05) is 55.6 Å². The number of hydrogen-bond acceptors (Lipinski definition) is 5. The van der Waals surface area contributed by atoms with Crippen molar-refractivity contribution in [1.82, 2.24) is 15.3 Å². The topological polar surface area (TPSA) is 64.1 Å². The molecule has 0 saturated carbocycles. The summed E-state index contributed by atoms with van der Waals surface area (Å²) in [7, 11) is 0. The number of ether oxygens (including phenoxy) is 1. The number of nitrogens with one attached hydrogen (secondary N) is 1. The molecule has 3 aromatic rings. The summed E-state index contributed by atoms with van der Waals surface area (Å²) in [6.45, 7) is 3.17. The standard InChI is InChI=1S/C21H23N3O2S/c1-16-19(27-21(24-16)17-7-5-12-22-15-17)11-13-23-20(25)10-6-14-26-18-8-3-2-4-9-18/h2-5,7-9,12,15H,6,10-11,13-14H2,1H3,(H,23,25). The van der Waals surface area contributed by atoms with Crippen molar-refractivity contribution >= 4 is 17.2 Å². The van der Waals surface area contributed by atoms with Gasteiger partial charge in [0.2, 0.25) is 5.91 Å². The molecule has 0 aliphatic rings. The van der Waals surface area contributed by atoms with Gasteiger partial charge in [0.15, 0.2) is 0 Å². The molecule has 2 heterocycles. The van der Waals surface area contributed by atoms with Crippen LogP contribution in [0.25, 0.3) is 10.6 Å². The number of para-hydroxylation sites is 1. The summed E-state index contributed by atoms with van der Waals surface area (Å²) in [5.41, 5.74) is 2.05. The van der Waals surface area contributed by atoms with Gasteiger partial charge in [-0.3, -0.25) is 9.78 Å². The second-order valence-corrected chi connectivity index (χ2v) is 7.22. The van der Waals surface area contributed by atoms with Gasteiger partial charge < -0.3 is 10.1 Å². The molecule has 1 N–H and O–H groups in total. The highest BCUT2D eigenvalue weighted by atomic mass is 32.1. The molecule has 0 aliphatic heterocycles. The van der Waals surface area contributed by atoms with Crippen LogP contribution in [0.1, 0.15) is 23.4 Å². The maximum Gasteiger partial charge on any atom is 0.220 e. The van der Waals surface area contributed by atoms with Gasteiger partial charge in [-0.2, -0.15) is 0 Å². The van der Waals surface area contributed by atoms with Crippen LogP contribution in [-0.4, -0.2) is 29.0 Å². The van der Waals surface area contributed by atoms with E-state index in [1.165, 1.54) is 4.88 Å². The molecule has 0 unspecified atom stereocenters. The van der Waals surface area contributed by atoms with Gasteiger partial charge >= 0.3 is 0 Å². The van der Waals surface area contributed by atoms with E-state index in [4.69, 9.17) is 4.74 Å². The van der Waals surface area contributed by atoms with Crippen LogP contribution in [0, 0.1) is 6.92 Å². The molecule has 0 radical (unpaired) electrons. The Morgan fingerprint density at radius 2 is 2.04 bits per heavy atom. The molecule has 0 atom stereocenters. The number of nitrogens with zero attached hydrogens (tertiary/aromatic N) is 2. The summed E-state index contributed by atoms with van der Waals surface area (Å²) >= 11 is 1.66. The van der Waals surface area contributed by atoms with E-state index in [1.54, 1.807) is 17.5 Å². The predicted octanol–water partition coefficient (Wildman–Crippen LogP) is 4.03. The van der Waals surface area contributed by atoms with Crippen LogP contribution in [0.5, 0.6) is 5.75 Å². The summed E-state index contributed by atoms with van der Waals surface area (Å²) in [6, 6.07) is 13.6. The predicted molar refractivity (Wildman–Crippen MR) is 108 cm³/mol. The van der Waals surface area contributed by atoms with E-state index in [0.717, 1.165) is 28.4 Å². The van der Waals surface area contributed by atoms with Gasteiger partial charge in [0, 0.05) is 42.2 Å². The summed E-state index contributed by atoms with van der Waals surface area (Å²) in [5.74, 6) is 0.893. The van der Waals surface area contributed by atoms with Crippen LogP contribution in [0.3, 0.4) is 0 Å². The van der Waals surface area contributed by atoms with E-state index < -0.39 is 0 Å². The van der Waals surface area contributed by atoms with Gasteiger partial charge in [0.1, 0.15) is 10.8 Å². The van der Waals surface area contributed by atoms with Crippen LogP contribution in [0.15, 0.2) is 54.9 Å². The van der Waals surface area contributed by atoms with Crippen molar-refractivity contribution in [3.8, 4) is 16.3 Å². The molecule has 2 aromatic heterocycles. The Labute approximate surface area is 163 Å². The van der Waals surface area contributed by atoms with E-state index in [9.17, 15) is 4.79 Å². The van der Waals surface area contributed by atoms with E-state index in [0.29, 0.717) is 26.0 Å². The second kappa shape index (κ2) is 9.83. The minimum atomic E-state index is 0.0568. The lowest BCUT2D eigenvalue weighted by atomic mass is 10.2. The smallest absolute Gasteiger partial charge is 0.220 e. The number of rotatable bonds is 9. The number of aromatic nitrogens is 2. The Morgan fingerprint density at radius 1 is 1.19 bits per heavy atom. The van der Waals surface area contributed by atoms with Gasteiger partial charge in [-0.25, -0.2) is 4.98 Å². The molecule has 6 heteroatoms. The Morgan fingerprint density at radius 3 is 2.81 bits per heavy atom. The number of benzene rings is 1. The molecule has 0 spiro atoms. The quantitative estimate of drug-likeness (QED) is 0.568. The van der Waals surface area contributed by atoms with Crippen LogP contribution in [0.2, 0.25) is 0 Å². The molecule has 27 heavy (non-hydrogen) atoms. The first-order valence-electron chi connectivity index (χ1n) is 9.03. The molecule has 140 valence electrons. The SMILES string of the molecule is Cc1nc(-c2cccnc2)sc1CCNC(=O)CCCOc1ccccc1. The number of carbonyl (C=O) groups is 1. The lowest BCUT2D eigenvalue weighted by Gasteiger charge is -2.06. The normalized spacial score (nSPS) is 10.6. The van der Waals surface area contributed by atoms with Crippen molar-refractivity contribution in [1.29, 1.82) is 0 Å². The first-order valence-corrected chi connectivity index (χ1v) is 9.85. The van der Waals surface area contributed by atoms with Crippen molar-refractivity contribution in [3.63, 3.8) is 0 Å². The Hall–Kier alpha value is -2.73. The Bertz CT molecular complexity index is 850. The lowest BCUT2D eigenvalue weighted by Crippen LogP contribution is -2.25. The zero-order chi connectivity index (χ0) is 18.9. The third-order valence-electron chi connectivity index (χ3n) is 4.04. The van der Waals surface area contributed by atoms with Crippen LogP contribution >= 0.6 is 11.3 Å². The molecule has 3 rings (SSSR count). The fourth-order valence-electron chi connectivity index (χ4n) is 2.62. The molecule has 1 aromatic carbocycles. The highest BCUT2D eigenvalue weighted by molar-refractivity contribution is 7.15. The van der Waals surface area contributed by atoms with Crippen LogP contribution < -0.4 is 10.1 Å². The fraction of sp³-hybridized carbons (Fsp3) is 0.286. The molecule has 1 amide bonds. The minimum absolute atomic E-state index is 0.0568. The maximum atomic E-state index is 12.0. The Balaban J connectivity index is 1.37. The van der Waals surface area contributed by atoms with Gasteiger partial charge in [-0.05, 0) is 37.6 Å². The van der Waals surface area contributed by atoms with Crippen LogP contribution in [-0.2, 0) is 11.2 Å². The lowest BCUT2D eigenvalue weighted by molar-refractivity contribution is -0.121. The highest BCUT2D eigenvalue weighted by Gasteiger charge is 2.10. The second-order valence-electron chi connectivity index (χ2n) is 6.13. The summed E-state index contributed by atoms with van der Waals surface area (Å²) in [6.07, 6.45) is 5.53. The van der Waals surface area contributed by atoms with Crippen molar-refractivity contribution in [2.24, 2.45) is 0 Å². The zero-order valence-corrected chi connectivity index (χ0v) is 16.2. The van der Waals surface area contributed by atoms with Crippen molar-refractivity contribution in [3.05, 3.63) is 65.4 Å². The molecule has 0 saturated heterocycles. The number of carbonyl (C=O) groups excluding carboxylic acids is 1. The number of aryl methyl sites for hydroxylation is 1. The number of pyridine rings is 1. The average Bonchev–Trinajstić information content (AvgIpc) is 3.07. The monoisotopic (exact) mass is 381 g/mol. The number of hydrogen-bond donors (Lipinski definition) is 1. The van der Waals surface area contributed by atoms with Gasteiger partial charge in [-0.15, -0.1) is 11.3 Å². The van der Waals surface area contributed by atoms with Gasteiger partial charge in [0.05, 0.1) is 12.3 Å². The van der Waals surface area contributed by atoms with E-state index in [2.05, 4.69) is 15.3 Å². The summed E-state index contributed by atoms with van der Waals surface area (Å²) < 4.78 is 5.60. The Kier molecular flexibility index (Phi) is 6.93. The van der Waals surface area contributed by atoms with E-state index in [-0.39, 0.29) is 5.91 Å². The largest absolute Gasteiger partial charge is 0.494 e. The summed E-state index contributed by atoms with van der Waals surface area (Å²) in [5, 5.41) is 3.95.